The van der Waals surface area contributed by atoms with E-state index in [9.17, 15) is 0 Å². The molecule has 0 spiro atoms. The Bertz CT molecular complexity index is 309. The lowest BCUT2D eigenvalue weighted by Crippen LogP contribution is -2.62. The predicted molar refractivity (Wildman–Crippen MR) is 85.9 cm³/mol. The molecular weight excluding hydrogens is 284 g/mol. The van der Waals surface area contributed by atoms with Crippen LogP contribution in [0.3, 0.4) is 0 Å². The van der Waals surface area contributed by atoms with E-state index in [-0.39, 0.29) is 0 Å². The van der Waals surface area contributed by atoms with Crippen LogP contribution in [0.25, 0.3) is 0 Å². The topological polar surface area (TPSA) is 0 Å². The van der Waals surface area contributed by atoms with Gasteiger partial charge in [0.25, 0.3) is 0 Å². The third kappa shape index (κ3) is 1.25. The first-order valence-corrected chi connectivity index (χ1v) is 10.3. The number of hydrogen-bond acceptors (Lipinski definition) is 4. The molecule has 4 saturated heterocycles. The van der Waals surface area contributed by atoms with E-state index >= 15 is 0 Å². The van der Waals surface area contributed by atoms with Crippen molar-refractivity contribution < 1.29 is 0 Å². The summed E-state index contributed by atoms with van der Waals surface area (Å²) in [5, 5.41) is 0. The summed E-state index contributed by atoms with van der Waals surface area (Å²) in [6.07, 6.45) is 0. The van der Waals surface area contributed by atoms with Crippen LogP contribution in [-0.4, -0.2) is 42.0 Å². The van der Waals surface area contributed by atoms with Gasteiger partial charge < -0.3 is 0 Å². The van der Waals surface area contributed by atoms with Gasteiger partial charge in [0, 0.05) is 47.4 Å². The summed E-state index contributed by atoms with van der Waals surface area (Å²) < 4.78 is 2.23. The van der Waals surface area contributed by atoms with E-state index in [2.05, 4.69) is 74.7 Å². The van der Waals surface area contributed by atoms with Crippen molar-refractivity contribution in [1.82, 2.24) is 0 Å². The fourth-order valence-electron chi connectivity index (χ4n) is 4.66. The Morgan fingerprint density at radius 1 is 0.588 bits per heavy atom. The second-order valence-corrected chi connectivity index (χ2v) is 12.7. The molecule has 96 valence electrons. The Morgan fingerprint density at radius 2 is 0.765 bits per heavy atom. The first-order valence-electron chi connectivity index (χ1n) is 6.39. The van der Waals surface area contributed by atoms with Gasteiger partial charge in [-0.15, -0.1) is 0 Å². The highest BCUT2D eigenvalue weighted by molar-refractivity contribution is 8.11. The van der Waals surface area contributed by atoms with Crippen LogP contribution in [0.4, 0.5) is 0 Å². The smallest absolute Gasteiger partial charge is 0.0319 e. The number of thioether (sulfide) groups is 4. The lowest BCUT2D eigenvalue weighted by Gasteiger charge is -2.52. The molecule has 4 fully saturated rings. The number of hydrogen-bond donors (Lipinski definition) is 0. The van der Waals surface area contributed by atoms with Crippen LogP contribution >= 0.6 is 47.0 Å². The van der Waals surface area contributed by atoms with E-state index in [0.717, 1.165) is 0 Å². The lowest BCUT2D eigenvalue weighted by atomic mass is 9.56. The van der Waals surface area contributed by atoms with Crippen molar-refractivity contribution in [1.29, 1.82) is 0 Å². The van der Waals surface area contributed by atoms with Gasteiger partial charge in [0.1, 0.15) is 0 Å². The summed E-state index contributed by atoms with van der Waals surface area (Å²) in [6, 6.07) is 0. The molecule has 0 aromatic rings. The molecule has 4 aliphatic heterocycles. The largest absolute Gasteiger partial charge is 0.152 e. The highest BCUT2D eigenvalue weighted by Gasteiger charge is 2.85. The maximum atomic E-state index is 2.57. The molecule has 0 bridgehead atoms. The quantitative estimate of drug-likeness (QED) is 0.720. The summed E-state index contributed by atoms with van der Waals surface area (Å²) in [4.78, 5) is 0. The summed E-state index contributed by atoms with van der Waals surface area (Å²) in [7, 11) is 0. The SMILES string of the molecule is CC1(C(C2(C)CS2)(C2(C)CS2)C2(C)CS2)CS1. The van der Waals surface area contributed by atoms with Gasteiger partial charge in [0.05, 0.1) is 0 Å². The van der Waals surface area contributed by atoms with E-state index in [1.807, 2.05) is 0 Å². The second-order valence-electron chi connectivity index (χ2n) is 6.83. The zero-order valence-corrected chi connectivity index (χ0v) is 14.2. The van der Waals surface area contributed by atoms with Crippen molar-refractivity contribution in [2.24, 2.45) is 5.41 Å². The normalized spacial score (nSPS) is 62.8. The standard InChI is InChI=1S/C13H20S4/c1-9(5-14-9)13(10(2)6-15-10,11(3)7-16-11)12(4)8-17-12/h5-8H2,1-4H3. The monoisotopic (exact) mass is 304 g/mol. The van der Waals surface area contributed by atoms with Gasteiger partial charge in [-0.05, 0) is 27.7 Å². The van der Waals surface area contributed by atoms with Crippen LogP contribution in [0, 0.1) is 5.41 Å². The first-order chi connectivity index (χ1) is 7.83. The molecule has 4 unspecified atom stereocenters. The third-order valence-electron chi connectivity index (χ3n) is 5.48. The Morgan fingerprint density at radius 3 is 0.882 bits per heavy atom. The van der Waals surface area contributed by atoms with Gasteiger partial charge in [0.2, 0.25) is 0 Å². The average Bonchev–Trinajstić information content (AvgIpc) is 2.97. The summed E-state index contributed by atoms with van der Waals surface area (Å²) in [5.74, 6) is 5.59. The summed E-state index contributed by atoms with van der Waals surface area (Å²) in [5.41, 5.74) is 0.546. The Hall–Kier alpha value is 1.40. The van der Waals surface area contributed by atoms with Crippen molar-refractivity contribution in [2.75, 3.05) is 23.0 Å². The van der Waals surface area contributed by atoms with Crippen molar-refractivity contribution >= 4 is 47.0 Å². The molecule has 4 aliphatic rings. The fraction of sp³-hybridized carbons (Fsp3) is 1.00. The van der Waals surface area contributed by atoms with Gasteiger partial charge in [-0.1, -0.05) is 0 Å². The molecule has 0 aromatic heterocycles. The molecule has 0 radical (unpaired) electrons. The molecule has 0 aliphatic carbocycles. The number of rotatable bonds is 4. The molecular formula is C13H20S4. The molecule has 4 heterocycles. The van der Waals surface area contributed by atoms with Crippen molar-refractivity contribution in [3.63, 3.8) is 0 Å². The molecule has 0 saturated carbocycles. The summed E-state index contributed by atoms with van der Waals surface area (Å²) in [6.45, 7) is 10.3. The van der Waals surface area contributed by atoms with E-state index in [0.29, 0.717) is 24.4 Å². The van der Waals surface area contributed by atoms with E-state index in [1.54, 1.807) is 0 Å². The van der Waals surface area contributed by atoms with Crippen LogP contribution in [-0.2, 0) is 0 Å². The maximum absolute atomic E-state index is 2.57. The van der Waals surface area contributed by atoms with Crippen LogP contribution in [0.2, 0.25) is 0 Å². The molecule has 0 N–H and O–H groups in total. The first kappa shape index (κ1) is 12.2. The van der Waals surface area contributed by atoms with Crippen molar-refractivity contribution in [3.05, 3.63) is 0 Å². The van der Waals surface area contributed by atoms with Gasteiger partial charge in [-0.2, -0.15) is 47.0 Å². The minimum absolute atomic E-state index is 0.546. The van der Waals surface area contributed by atoms with Gasteiger partial charge in [-0.25, -0.2) is 0 Å². The molecule has 0 nitrogen and oxygen atoms in total. The van der Waals surface area contributed by atoms with Gasteiger partial charge >= 0.3 is 0 Å². The Labute approximate surface area is 122 Å². The second kappa shape index (κ2) is 3.01. The Kier molecular flexibility index (Phi) is 2.16. The van der Waals surface area contributed by atoms with Crippen LogP contribution in [0.15, 0.2) is 0 Å². The highest BCUT2D eigenvalue weighted by atomic mass is 32.2. The molecule has 0 amide bonds. The van der Waals surface area contributed by atoms with E-state index < -0.39 is 0 Å². The fourth-order valence-corrected chi connectivity index (χ4v) is 10.3. The summed E-state index contributed by atoms with van der Waals surface area (Å²) >= 11 is 8.95. The highest BCUT2D eigenvalue weighted by Crippen LogP contribution is 2.85. The van der Waals surface area contributed by atoms with Gasteiger partial charge in [0.15, 0.2) is 0 Å². The lowest BCUT2D eigenvalue weighted by molar-refractivity contribution is 0.135. The van der Waals surface area contributed by atoms with Crippen LogP contribution in [0.1, 0.15) is 27.7 Å². The molecule has 17 heavy (non-hydrogen) atoms. The van der Waals surface area contributed by atoms with Gasteiger partial charge in [-0.3, -0.25) is 0 Å². The zero-order chi connectivity index (χ0) is 12.2. The predicted octanol–water partition coefficient (Wildman–Crippen LogP) is 3.99. The molecule has 4 atom stereocenters. The van der Waals surface area contributed by atoms with Crippen molar-refractivity contribution in [2.45, 2.75) is 46.7 Å². The third-order valence-corrected chi connectivity index (χ3v) is 11.3. The molecule has 4 heteroatoms. The molecule has 4 rings (SSSR count). The molecule has 0 aromatic carbocycles. The Balaban J connectivity index is 1.91. The van der Waals surface area contributed by atoms with E-state index in [4.69, 9.17) is 0 Å². The zero-order valence-electron chi connectivity index (χ0n) is 11.0. The average molecular weight is 305 g/mol. The van der Waals surface area contributed by atoms with Crippen molar-refractivity contribution in [3.8, 4) is 0 Å². The minimum atomic E-state index is 0.546. The minimum Gasteiger partial charge on any atom is -0.152 e. The van der Waals surface area contributed by atoms with E-state index in [1.165, 1.54) is 23.0 Å². The van der Waals surface area contributed by atoms with Crippen LogP contribution < -0.4 is 0 Å². The maximum Gasteiger partial charge on any atom is 0.0319 e. The van der Waals surface area contributed by atoms with Crippen LogP contribution in [0.5, 0.6) is 0 Å².